The molecule has 2 spiro atoms. The molecule has 0 amide bonds. The summed E-state index contributed by atoms with van der Waals surface area (Å²) in [6.45, 7) is 3.02. The van der Waals surface area contributed by atoms with Crippen LogP contribution in [0.2, 0.25) is 0 Å². The van der Waals surface area contributed by atoms with Gasteiger partial charge in [0.05, 0.1) is 0 Å². The Bertz CT molecular complexity index is 440. The van der Waals surface area contributed by atoms with Gasteiger partial charge < -0.3 is 23.7 Å². The molecule has 5 aliphatic heterocycles. The Hall–Kier alpha value is -0.530. The molecule has 6 rings (SSSR count). The molecule has 5 heterocycles. The molecule has 0 aromatic heterocycles. The predicted octanol–water partition coefficient (Wildman–Crippen LogP) is 0.524. The maximum Gasteiger partial charge on any atom is 0.281 e. The van der Waals surface area contributed by atoms with E-state index in [0.717, 1.165) is 25.7 Å². The zero-order valence-electron chi connectivity index (χ0n) is 11.4. The van der Waals surface area contributed by atoms with Crippen LogP contribution in [0, 0.1) is 0 Å². The second kappa shape index (κ2) is 3.44. The largest absolute Gasteiger partial charge is 0.369 e. The third-order valence-corrected chi connectivity index (χ3v) is 5.45. The second-order valence-corrected chi connectivity index (χ2v) is 6.57. The maximum absolute atomic E-state index is 12.8. The molecule has 20 heavy (non-hydrogen) atoms. The fraction of sp³-hybridized carbons (Fsp3) is 0.929. The molecule has 0 N–H and O–H groups in total. The summed E-state index contributed by atoms with van der Waals surface area (Å²) in [5.41, 5.74) is -1.36. The molecule has 6 fully saturated rings. The van der Waals surface area contributed by atoms with E-state index in [1.54, 1.807) is 6.92 Å². The molecule has 5 saturated heterocycles. The number of carbonyl (C=O) groups excluding carboxylic acids is 1. The van der Waals surface area contributed by atoms with Gasteiger partial charge in [0.2, 0.25) is 0 Å². The van der Waals surface area contributed by atoms with Crippen LogP contribution in [0.3, 0.4) is 0 Å². The zero-order valence-corrected chi connectivity index (χ0v) is 11.4. The van der Waals surface area contributed by atoms with Crippen molar-refractivity contribution in [3.05, 3.63) is 0 Å². The van der Waals surface area contributed by atoms with Gasteiger partial charge in [-0.25, -0.2) is 0 Å². The summed E-state index contributed by atoms with van der Waals surface area (Å²) < 4.78 is 29.7. The summed E-state index contributed by atoms with van der Waals surface area (Å²) in [5, 5.41) is 0. The van der Waals surface area contributed by atoms with E-state index < -0.39 is 29.4 Å². The highest BCUT2D eigenvalue weighted by Crippen LogP contribution is 2.59. The highest BCUT2D eigenvalue weighted by Gasteiger charge is 2.79. The second-order valence-electron chi connectivity index (χ2n) is 6.57. The number of ketones is 1. The Balaban J connectivity index is 1.69. The summed E-state index contributed by atoms with van der Waals surface area (Å²) in [6.07, 6.45) is 1.96. The first kappa shape index (κ1) is 12.1. The lowest BCUT2D eigenvalue weighted by Gasteiger charge is -2.65. The van der Waals surface area contributed by atoms with Crippen molar-refractivity contribution in [2.75, 3.05) is 13.2 Å². The summed E-state index contributed by atoms with van der Waals surface area (Å²) in [4.78, 5) is 12.8. The van der Waals surface area contributed by atoms with E-state index in [0.29, 0.717) is 13.2 Å². The smallest absolute Gasteiger partial charge is 0.281 e. The molecule has 6 nitrogen and oxygen atoms in total. The number of carbonyl (C=O) groups is 1. The number of hydrogen-bond donors (Lipinski definition) is 0. The lowest BCUT2D eigenvalue weighted by Crippen LogP contribution is -2.85. The van der Waals surface area contributed by atoms with Crippen molar-refractivity contribution >= 4 is 5.78 Å². The molecular weight excluding hydrogens is 264 g/mol. The van der Waals surface area contributed by atoms with Gasteiger partial charge in [0.25, 0.3) is 5.97 Å². The quantitative estimate of drug-likeness (QED) is 0.645. The van der Waals surface area contributed by atoms with Crippen molar-refractivity contribution in [1.82, 2.24) is 0 Å². The third-order valence-electron chi connectivity index (χ3n) is 5.45. The average Bonchev–Trinajstić information content (AvgIpc) is 3.07. The molecule has 0 radical (unpaired) electrons. The fourth-order valence-electron chi connectivity index (χ4n) is 4.74. The van der Waals surface area contributed by atoms with Gasteiger partial charge in [-0.3, -0.25) is 4.79 Å². The van der Waals surface area contributed by atoms with Gasteiger partial charge in [0.1, 0.15) is 17.3 Å². The Morgan fingerprint density at radius 2 is 1.50 bits per heavy atom. The maximum atomic E-state index is 12.8. The average molecular weight is 282 g/mol. The van der Waals surface area contributed by atoms with Gasteiger partial charge in [-0.1, -0.05) is 0 Å². The van der Waals surface area contributed by atoms with Crippen LogP contribution in [0.4, 0.5) is 0 Å². The zero-order chi connectivity index (χ0) is 13.6. The van der Waals surface area contributed by atoms with Crippen molar-refractivity contribution in [1.29, 1.82) is 0 Å². The molecular formula is C14H18O6. The van der Waals surface area contributed by atoms with Crippen molar-refractivity contribution in [2.45, 2.75) is 68.1 Å². The molecule has 6 aliphatic rings. The highest BCUT2D eigenvalue weighted by molar-refractivity contribution is 5.92. The van der Waals surface area contributed by atoms with Crippen molar-refractivity contribution in [3.8, 4) is 0 Å². The molecule has 1 aliphatic carbocycles. The summed E-state index contributed by atoms with van der Waals surface area (Å²) in [5.74, 6) is -1.17. The molecule has 0 aromatic rings. The van der Waals surface area contributed by atoms with Crippen LogP contribution in [-0.4, -0.2) is 54.5 Å². The molecule has 4 bridgehead atoms. The van der Waals surface area contributed by atoms with Crippen LogP contribution in [-0.2, 0) is 28.5 Å². The SMILES string of the molecule is CC12OC3[C@@]4(CCCO4)[C@@H](O1)C(=O)[C@@H](O2)[C@@]31CCCO1. The van der Waals surface area contributed by atoms with Gasteiger partial charge in [-0.05, 0) is 25.7 Å². The predicted molar refractivity (Wildman–Crippen MR) is 63.9 cm³/mol. The first-order valence-electron chi connectivity index (χ1n) is 7.45. The Labute approximate surface area is 116 Å². The van der Waals surface area contributed by atoms with Gasteiger partial charge >= 0.3 is 0 Å². The molecule has 6 heteroatoms. The van der Waals surface area contributed by atoms with Crippen LogP contribution in [0.1, 0.15) is 32.6 Å². The third kappa shape index (κ3) is 1.14. The van der Waals surface area contributed by atoms with Gasteiger partial charge in [0.15, 0.2) is 18.0 Å². The van der Waals surface area contributed by atoms with E-state index in [4.69, 9.17) is 23.7 Å². The number of ether oxygens (including phenoxy) is 5. The minimum absolute atomic E-state index is 0.0363. The van der Waals surface area contributed by atoms with E-state index in [9.17, 15) is 4.79 Å². The summed E-state index contributed by atoms with van der Waals surface area (Å²) in [7, 11) is 0. The van der Waals surface area contributed by atoms with Gasteiger partial charge in [-0.2, -0.15) is 0 Å². The summed E-state index contributed by atoms with van der Waals surface area (Å²) in [6, 6.07) is 0. The molecule has 0 aromatic carbocycles. The first-order chi connectivity index (χ1) is 9.60. The van der Waals surface area contributed by atoms with Crippen LogP contribution in [0.15, 0.2) is 0 Å². The highest BCUT2D eigenvalue weighted by atomic mass is 16.9. The molecule has 2 unspecified atom stereocenters. The van der Waals surface area contributed by atoms with Crippen molar-refractivity contribution in [2.24, 2.45) is 0 Å². The standard InChI is InChI=1S/C14H18O6/c1-12-18-9-8(15)10(19-12)14(5-3-7-17-14)11(20-12)13(9)4-2-6-16-13/h9-11H,2-7H2,1H3/t9-,10+,11?,12?,13+,14-. The van der Waals surface area contributed by atoms with E-state index in [-0.39, 0.29) is 11.9 Å². The first-order valence-corrected chi connectivity index (χ1v) is 7.45. The van der Waals surface area contributed by atoms with E-state index in [1.165, 1.54) is 0 Å². The van der Waals surface area contributed by atoms with E-state index >= 15 is 0 Å². The van der Waals surface area contributed by atoms with E-state index in [1.807, 2.05) is 0 Å². The number of Topliss-reactive ketones (excluding diaryl/α,β-unsaturated/α-hetero) is 1. The molecule has 6 atom stereocenters. The normalized spacial score (nSPS) is 60.2. The van der Waals surface area contributed by atoms with Crippen molar-refractivity contribution < 1.29 is 28.5 Å². The minimum atomic E-state index is -1.14. The number of rotatable bonds is 0. The Kier molecular flexibility index (Phi) is 2.08. The van der Waals surface area contributed by atoms with Crippen molar-refractivity contribution in [3.63, 3.8) is 0 Å². The number of hydrogen-bond acceptors (Lipinski definition) is 6. The topological polar surface area (TPSA) is 63.2 Å². The van der Waals surface area contributed by atoms with Crippen LogP contribution < -0.4 is 0 Å². The molecule has 110 valence electrons. The van der Waals surface area contributed by atoms with Gasteiger partial charge in [0, 0.05) is 20.1 Å². The fourth-order valence-corrected chi connectivity index (χ4v) is 4.74. The van der Waals surface area contributed by atoms with Gasteiger partial charge in [-0.15, -0.1) is 0 Å². The summed E-state index contributed by atoms with van der Waals surface area (Å²) >= 11 is 0. The minimum Gasteiger partial charge on any atom is -0.369 e. The lowest BCUT2D eigenvalue weighted by atomic mass is 9.64. The lowest BCUT2D eigenvalue weighted by molar-refractivity contribution is -0.524. The van der Waals surface area contributed by atoms with Crippen LogP contribution in [0.5, 0.6) is 0 Å². The van der Waals surface area contributed by atoms with Crippen LogP contribution in [0.25, 0.3) is 0 Å². The monoisotopic (exact) mass is 282 g/mol. The molecule has 1 saturated carbocycles. The Morgan fingerprint density at radius 1 is 0.950 bits per heavy atom. The van der Waals surface area contributed by atoms with Crippen LogP contribution >= 0.6 is 0 Å². The Morgan fingerprint density at radius 3 is 1.95 bits per heavy atom. The van der Waals surface area contributed by atoms with E-state index in [2.05, 4.69) is 0 Å².